The van der Waals surface area contributed by atoms with Crippen LogP contribution in [-0.4, -0.2) is 47.2 Å². The molecule has 2 aromatic carbocycles. The monoisotopic (exact) mass is 368 g/mol. The Balaban J connectivity index is 2.12. The van der Waals surface area contributed by atoms with E-state index in [9.17, 15) is 4.79 Å². The number of amides is 1. The van der Waals surface area contributed by atoms with Crippen molar-refractivity contribution in [3.8, 4) is 0 Å². The normalized spacial score (nSPS) is 12.5. The van der Waals surface area contributed by atoms with Crippen LogP contribution in [-0.2, 0) is 20.8 Å². The van der Waals surface area contributed by atoms with E-state index < -0.39 is 6.29 Å². The SMILES string of the molecule is COC(OC)C(C)N(C(=O)Cn1cncn1)c1c(C)ccc2ccccc12. The van der Waals surface area contributed by atoms with Gasteiger partial charge in [-0.15, -0.1) is 0 Å². The van der Waals surface area contributed by atoms with Gasteiger partial charge in [0.2, 0.25) is 5.91 Å². The van der Waals surface area contributed by atoms with Crippen LogP contribution in [0, 0.1) is 6.92 Å². The van der Waals surface area contributed by atoms with Crippen LogP contribution in [0.3, 0.4) is 0 Å². The molecule has 3 rings (SSSR count). The van der Waals surface area contributed by atoms with Gasteiger partial charge in [-0.25, -0.2) is 9.67 Å². The predicted molar refractivity (Wildman–Crippen MR) is 103 cm³/mol. The number of hydrogen-bond acceptors (Lipinski definition) is 5. The van der Waals surface area contributed by atoms with E-state index in [4.69, 9.17) is 9.47 Å². The molecule has 0 fully saturated rings. The van der Waals surface area contributed by atoms with E-state index in [0.717, 1.165) is 22.0 Å². The zero-order chi connectivity index (χ0) is 19.4. The second-order valence-electron chi connectivity index (χ2n) is 6.39. The second-order valence-corrected chi connectivity index (χ2v) is 6.39. The number of rotatable bonds is 7. The molecule has 0 saturated carbocycles. The highest BCUT2D eigenvalue weighted by Crippen LogP contribution is 2.33. The lowest BCUT2D eigenvalue weighted by Gasteiger charge is -2.35. The zero-order valence-corrected chi connectivity index (χ0v) is 16.0. The molecule has 0 bridgehead atoms. The van der Waals surface area contributed by atoms with E-state index in [2.05, 4.69) is 16.1 Å². The van der Waals surface area contributed by atoms with Crippen molar-refractivity contribution in [2.75, 3.05) is 19.1 Å². The first-order chi connectivity index (χ1) is 13.1. The van der Waals surface area contributed by atoms with E-state index in [-0.39, 0.29) is 18.5 Å². The van der Waals surface area contributed by atoms with Crippen LogP contribution < -0.4 is 4.90 Å². The van der Waals surface area contributed by atoms with E-state index >= 15 is 0 Å². The summed E-state index contributed by atoms with van der Waals surface area (Å²) in [7, 11) is 3.14. The Hall–Kier alpha value is -2.77. The van der Waals surface area contributed by atoms with E-state index in [0.29, 0.717) is 0 Å². The van der Waals surface area contributed by atoms with Gasteiger partial charge in [0.25, 0.3) is 0 Å². The Morgan fingerprint density at radius 2 is 1.93 bits per heavy atom. The molecule has 1 atom stereocenters. The molecule has 7 nitrogen and oxygen atoms in total. The molecule has 27 heavy (non-hydrogen) atoms. The van der Waals surface area contributed by atoms with E-state index in [1.54, 1.807) is 19.1 Å². The van der Waals surface area contributed by atoms with Crippen LogP contribution in [0.5, 0.6) is 0 Å². The van der Waals surface area contributed by atoms with Gasteiger partial charge >= 0.3 is 0 Å². The number of benzene rings is 2. The number of carbonyl (C=O) groups excluding carboxylic acids is 1. The third-order valence-corrected chi connectivity index (χ3v) is 4.64. The van der Waals surface area contributed by atoms with Crippen molar-refractivity contribution in [1.82, 2.24) is 14.8 Å². The number of aryl methyl sites for hydroxylation is 1. The third kappa shape index (κ3) is 3.84. The first-order valence-corrected chi connectivity index (χ1v) is 8.75. The summed E-state index contributed by atoms with van der Waals surface area (Å²) in [6.07, 6.45) is 2.38. The summed E-state index contributed by atoms with van der Waals surface area (Å²) in [6.45, 7) is 3.99. The molecule has 1 heterocycles. The van der Waals surface area contributed by atoms with Crippen molar-refractivity contribution in [2.24, 2.45) is 0 Å². The smallest absolute Gasteiger partial charge is 0.249 e. The number of methoxy groups -OCH3 is 2. The lowest BCUT2D eigenvalue weighted by atomic mass is 10.0. The second kappa shape index (κ2) is 8.28. The highest BCUT2D eigenvalue weighted by atomic mass is 16.7. The van der Waals surface area contributed by atoms with Crippen molar-refractivity contribution in [1.29, 1.82) is 0 Å². The minimum Gasteiger partial charge on any atom is -0.354 e. The van der Waals surface area contributed by atoms with Crippen LogP contribution in [0.1, 0.15) is 12.5 Å². The third-order valence-electron chi connectivity index (χ3n) is 4.64. The Bertz CT molecular complexity index is 907. The summed E-state index contributed by atoms with van der Waals surface area (Å²) in [5.41, 5.74) is 1.85. The summed E-state index contributed by atoms with van der Waals surface area (Å²) in [5, 5.41) is 6.12. The van der Waals surface area contributed by atoms with Gasteiger partial charge in [0, 0.05) is 19.6 Å². The fraction of sp³-hybridized carbons (Fsp3) is 0.350. The van der Waals surface area contributed by atoms with E-state index in [1.807, 2.05) is 44.2 Å². The molecule has 0 N–H and O–H groups in total. The van der Waals surface area contributed by atoms with Crippen LogP contribution >= 0.6 is 0 Å². The molecule has 1 amide bonds. The Labute approximate surface area is 158 Å². The number of carbonyl (C=O) groups is 1. The van der Waals surface area contributed by atoms with Gasteiger partial charge in [0.15, 0.2) is 6.29 Å². The van der Waals surface area contributed by atoms with Crippen LogP contribution in [0.15, 0.2) is 49.1 Å². The van der Waals surface area contributed by atoms with Gasteiger partial charge in [-0.1, -0.05) is 36.4 Å². The van der Waals surface area contributed by atoms with Crippen LogP contribution in [0.25, 0.3) is 10.8 Å². The van der Waals surface area contributed by atoms with Gasteiger partial charge in [-0.2, -0.15) is 5.10 Å². The fourth-order valence-corrected chi connectivity index (χ4v) is 3.38. The molecule has 0 saturated heterocycles. The molecule has 0 aliphatic rings. The number of anilines is 1. The molecule has 0 spiro atoms. The van der Waals surface area contributed by atoms with Crippen molar-refractivity contribution < 1.29 is 14.3 Å². The molecular weight excluding hydrogens is 344 g/mol. The first-order valence-electron chi connectivity index (χ1n) is 8.75. The van der Waals surface area contributed by atoms with Crippen molar-refractivity contribution in [2.45, 2.75) is 32.7 Å². The highest BCUT2D eigenvalue weighted by molar-refractivity contribution is 6.05. The van der Waals surface area contributed by atoms with Gasteiger partial charge in [0.05, 0.1) is 11.7 Å². The average Bonchev–Trinajstić information content (AvgIpc) is 3.18. The van der Waals surface area contributed by atoms with Crippen molar-refractivity contribution in [3.63, 3.8) is 0 Å². The molecule has 142 valence electrons. The summed E-state index contributed by atoms with van der Waals surface area (Å²) in [4.78, 5) is 19.0. The maximum absolute atomic E-state index is 13.3. The number of nitrogens with zero attached hydrogens (tertiary/aromatic N) is 4. The molecule has 7 heteroatoms. The number of fused-ring (bicyclic) bond motifs is 1. The fourth-order valence-electron chi connectivity index (χ4n) is 3.38. The van der Waals surface area contributed by atoms with Gasteiger partial charge in [-0.05, 0) is 24.8 Å². The number of ether oxygens (including phenoxy) is 2. The lowest BCUT2D eigenvalue weighted by Crippen LogP contribution is -2.48. The first kappa shape index (κ1) is 19.0. The summed E-state index contributed by atoms with van der Waals surface area (Å²) >= 11 is 0. The molecule has 0 aliphatic heterocycles. The summed E-state index contributed by atoms with van der Waals surface area (Å²) in [6, 6.07) is 11.7. The molecule has 1 unspecified atom stereocenters. The number of hydrogen-bond donors (Lipinski definition) is 0. The highest BCUT2D eigenvalue weighted by Gasteiger charge is 2.31. The minimum atomic E-state index is -0.567. The van der Waals surface area contributed by atoms with Crippen LogP contribution in [0.2, 0.25) is 0 Å². The maximum atomic E-state index is 13.3. The Morgan fingerprint density at radius 1 is 1.19 bits per heavy atom. The lowest BCUT2D eigenvalue weighted by molar-refractivity contribution is -0.130. The topological polar surface area (TPSA) is 69.5 Å². The average molecular weight is 368 g/mol. The molecule has 3 aromatic rings. The molecular formula is C20H24N4O3. The summed E-state index contributed by atoms with van der Waals surface area (Å²) in [5.74, 6) is -0.119. The molecule has 0 radical (unpaired) electrons. The minimum absolute atomic E-state index is 0.0765. The number of aromatic nitrogens is 3. The van der Waals surface area contributed by atoms with Crippen LogP contribution in [0.4, 0.5) is 5.69 Å². The van der Waals surface area contributed by atoms with E-state index in [1.165, 1.54) is 17.3 Å². The van der Waals surface area contributed by atoms with Gasteiger partial charge < -0.3 is 14.4 Å². The zero-order valence-electron chi connectivity index (χ0n) is 16.0. The predicted octanol–water partition coefficient (Wildman–Crippen LogP) is 2.78. The summed E-state index contributed by atoms with van der Waals surface area (Å²) < 4.78 is 12.4. The van der Waals surface area contributed by atoms with Crippen molar-refractivity contribution in [3.05, 3.63) is 54.6 Å². The standard InChI is InChI=1S/C20H24N4O3/c1-14-9-10-16-7-5-6-8-17(16)19(14)24(15(2)20(26-3)27-4)18(25)11-23-13-21-12-22-23/h5-10,12-13,15,20H,11H2,1-4H3. The largest absolute Gasteiger partial charge is 0.354 e. The Kier molecular flexibility index (Phi) is 5.83. The quantitative estimate of drug-likeness (QED) is 0.600. The molecule has 0 aliphatic carbocycles. The maximum Gasteiger partial charge on any atom is 0.249 e. The molecule has 1 aromatic heterocycles. The Morgan fingerprint density at radius 3 is 2.59 bits per heavy atom. The van der Waals surface area contributed by atoms with Gasteiger partial charge in [0.1, 0.15) is 19.2 Å². The van der Waals surface area contributed by atoms with Crippen molar-refractivity contribution >= 4 is 22.4 Å². The van der Waals surface area contributed by atoms with Gasteiger partial charge in [-0.3, -0.25) is 4.79 Å².